The molecule has 1 aromatic carbocycles. The van der Waals surface area contributed by atoms with Gasteiger partial charge in [0.15, 0.2) is 0 Å². The average molecular weight is 240 g/mol. The molecule has 1 aromatic heterocycles. The second kappa shape index (κ2) is 4.95. The lowest BCUT2D eigenvalue weighted by Crippen LogP contribution is -1.82. The normalized spacial score (nSPS) is 11.1. The van der Waals surface area contributed by atoms with Crippen molar-refractivity contribution in [3.8, 4) is 0 Å². The maximum absolute atomic E-state index is 5.93. The predicted octanol–water partition coefficient (Wildman–Crippen LogP) is 4.68. The van der Waals surface area contributed by atoms with E-state index in [1.807, 2.05) is 18.2 Å². The smallest absolute Gasteiger partial charge is 0.0938 e. The molecule has 0 aliphatic heterocycles. The van der Waals surface area contributed by atoms with Crippen LogP contribution in [0.1, 0.15) is 31.2 Å². The molecule has 0 bridgehead atoms. The molecular weight excluding hydrogens is 226 g/mol. The molecule has 2 rings (SSSR count). The minimum Gasteiger partial charge on any atom is -0.241 e. The van der Waals surface area contributed by atoms with E-state index in [0.717, 1.165) is 17.0 Å². The number of aromatic nitrogens is 1. The Bertz CT molecular complexity index is 450. The summed E-state index contributed by atoms with van der Waals surface area (Å²) in [6, 6.07) is 5.90. The third-order valence-corrected chi connectivity index (χ3v) is 3.70. The fourth-order valence-corrected chi connectivity index (χ4v) is 2.86. The number of hydrogen-bond donors (Lipinski definition) is 0. The van der Waals surface area contributed by atoms with E-state index in [9.17, 15) is 0 Å². The number of halogens is 1. The molecule has 2 aromatic rings. The molecule has 0 fully saturated rings. The number of fused-ring (bicyclic) bond motifs is 1. The topological polar surface area (TPSA) is 12.9 Å². The summed E-state index contributed by atoms with van der Waals surface area (Å²) in [6.45, 7) is 2.22. The van der Waals surface area contributed by atoms with Crippen LogP contribution >= 0.6 is 22.9 Å². The monoisotopic (exact) mass is 239 g/mol. The van der Waals surface area contributed by atoms with Gasteiger partial charge in [-0.05, 0) is 31.0 Å². The third kappa shape index (κ3) is 2.70. The molecule has 1 heterocycles. The molecule has 3 heteroatoms. The van der Waals surface area contributed by atoms with E-state index in [0.29, 0.717) is 0 Å². The lowest BCUT2D eigenvalue weighted by Gasteiger charge is -1.92. The van der Waals surface area contributed by atoms with E-state index in [4.69, 9.17) is 11.6 Å². The summed E-state index contributed by atoms with van der Waals surface area (Å²) in [6.07, 6.45) is 4.89. The summed E-state index contributed by atoms with van der Waals surface area (Å²) in [5, 5.41) is 2.03. The molecule has 15 heavy (non-hydrogen) atoms. The van der Waals surface area contributed by atoms with Gasteiger partial charge in [0.25, 0.3) is 0 Å². The van der Waals surface area contributed by atoms with Gasteiger partial charge in [0.1, 0.15) is 0 Å². The largest absolute Gasteiger partial charge is 0.241 e. The predicted molar refractivity (Wildman–Crippen MR) is 67.9 cm³/mol. The van der Waals surface area contributed by atoms with Gasteiger partial charge in [-0.3, -0.25) is 0 Å². The molecule has 0 saturated carbocycles. The molecule has 0 aliphatic carbocycles. The van der Waals surface area contributed by atoms with Crippen molar-refractivity contribution in [2.75, 3.05) is 0 Å². The first-order valence-corrected chi connectivity index (χ1v) is 6.54. The van der Waals surface area contributed by atoms with Gasteiger partial charge in [-0.2, -0.15) is 0 Å². The molecule has 0 aliphatic rings. The van der Waals surface area contributed by atoms with Crippen LogP contribution in [-0.2, 0) is 6.42 Å². The van der Waals surface area contributed by atoms with Crippen molar-refractivity contribution < 1.29 is 0 Å². The Hall–Kier alpha value is -0.600. The number of unbranched alkanes of at least 4 members (excludes halogenated alkanes) is 2. The Morgan fingerprint density at radius 3 is 3.00 bits per heavy atom. The van der Waals surface area contributed by atoms with E-state index in [-0.39, 0.29) is 0 Å². The van der Waals surface area contributed by atoms with Crippen molar-refractivity contribution in [1.29, 1.82) is 0 Å². The summed E-state index contributed by atoms with van der Waals surface area (Å²) in [4.78, 5) is 4.59. The summed E-state index contributed by atoms with van der Waals surface area (Å²) < 4.78 is 1.20. The number of nitrogens with zero attached hydrogens (tertiary/aromatic N) is 1. The second-order valence-electron chi connectivity index (χ2n) is 3.68. The lowest BCUT2D eigenvalue weighted by atomic mass is 10.2. The van der Waals surface area contributed by atoms with E-state index in [1.165, 1.54) is 29.0 Å². The van der Waals surface area contributed by atoms with E-state index in [1.54, 1.807) is 11.3 Å². The lowest BCUT2D eigenvalue weighted by molar-refractivity contribution is 0.716. The van der Waals surface area contributed by atoms with E-state index >= 15 is 0 Å². The van der Waals surface area contributed by atoms with Crippen LogP contribution in [0.25, 0.3) is 10.2 Å². The Labute approximate surface area is 99.1 Å². The minimum absolute atomic E-state index is 0.797. The van der Waals surface area contributed by atoms with E-state index < -0.39 is 0 Å². The van der Waals surface area contributed by atoms with Crippen molar-refractivity contribution in [3.05, 3.63) is 28.2 Å². The van der Waals surface area contributed by atoms with Crippen molar-refractivity contribution in [2.45, 2.75) is 32.6 Å². The fourth-order valence-electron chi connectivity index (χ4n) is 1.58. The Kier molecular flexibility index (Phi) is 3.60. The number of thiazole rings is 1. The maximum atomic E-state index is 5.93. The van der Waals surface area contributed by atoms with Crippen molar-refractivity contribution in [2.24, 2.45) is 0 Å². The molecule has 0 atom stereocenters. The van der Waals surface area contributed by atoms with E-state index in [2.05, 4.69) is 11.9 Å². The molecule has 0 saturated heterocycles. The van der Waals surface area contributed by atoms with Crippen LogP contribution in [0.5, 0.6) is 0 Å². The van der Waals surface area contributed by atoms with Gasteiger partial charge in [-0.25, -0.2) is 4.98 Å². The van der Waals surface area contributed by atoms with Crippen molar-refractivity contribution in [1.82, 2.24) is 4.98 Å². The van der Waals surface area contributed by atoms with Gasteiger partial charge in [0.2, 0.25) is 0 Å². The van der Waals surface area contributed by atoms with Crippen LogP contribution in [0.3, 0.4) is 0 Å². The average Bonchev–Trinajstić information content (AvgIpc) is 2.60. The minimum atomic E-state index is 0.797. The van der Waals surface area contributed by atoms with Gasteiger partial charge in [-0.1, -0.05) is 31.4 Å². The van der Waals surface area contributed by atoms with Crippen molar-refractivity contribution in [3.63, 3.8) is 0 Å². The van der Waals surface area contributed by atoms with Gasteiger partial charge in [0.05, 0.1) is 15.2 Å². The molecule has 0 N–H and O–H groups in total. The van der Waals surface area contributed by atoms with Crippen molar-refractivity contribution >= 4 is 33.2 Å². The molecule has 0 unspecified atom stereocenters. The zero-order chi connectivity index (χ0) is 10.7. The molecule has 0 spiro atoms. The summed E-state index contributed by atoms with van der Waals surface area (Å²) in [7, 11) is 0. The highest BCUT2D eigenvalue weighted by Gasteiger charge is 2.03. The first-order chi connectivity index (χ1) is 7.29. The molecule has 1 nitrogen and oxygen atoms in total. The van der Waals surface area contributed by atoms with Gasteiger partial charge >= 0.3 is 0 Å². The van der Waals surface area contributed by atoms with Crippen LogP contribution < -0.4 is 0 Å². The van der Waals surface area contributed by atoms with Crippen LogP contribution in [0, 0.1) is 0 Å². The van der Waals surface area contributed by atoms with Gasteiger partial charge < -0.3 is 0 Å². The highest BCUT2D eigenvalue weighted by Crippen LogP contribution is 2.26. The quantitative estimate of drug-likeness (QED) is 0.706. The number of hydrogen-bond acceptors (Lipinski definition) is 2. The number of aryl methyl sites for hydroxylation is 1. The zero-order valence-corrected chi connectivity index (χ0v) is 10.4. The summed E-state index contributed by atoms with van der Waals surface area (Å²) >= 11 is 7.70. The van der Waals surface area contributed by atoms with Gasteiger partial charge in [0, 0.05) is 5.02 Å². The Balaban J connectivity index is 2.16. The fraction of sp³-hybridized carbons (Fsp3) is 0.417. The standard InChI is InChI=1S/C12H14ClNS/c1-2-3-4-5-12-14-10-7-6-9(13)8-11(10)15-12/h6-8H,2-5H2,1H3. The maximum Gasteiger partial charge on any atom is 0.0938 e. The molecular formula is C12H14ClNS. The van der Waals surface area contributed by atoms with Crippen LogP contribution in [0.4, 0.5) is 0 Å². The summed E-state index contributed by atoms with van der Waals surface area (Å²) in [5.41, 5.74) is 1.08. The molecule has 0 amide bonds. The highest BCUT2D eigenvalue weighted by molar-refractivity contribution is 7.18. The van der Waals surface area contributed by atoms with Gasteiger partial charge in [-0.15, -0.1) is 11.3 Å². The number of rotatable bonds is 4. The first kappa shape index (κ1) is 10.9. The zero-order valence-electron chi connectivity index (χ0n) is 8.79. The molecule has 80 valence electrons. The second-order valence-corrected chi connectivity index (χ2v) is 5.23. The summed E-state index contributed by atoms with van der Waals surface area (Å²) in [5.74, 6) is 0. The molecule has 0 radical (unpaired) electrons. The Morgan fingerprint density at radius 2 is 2.20 bits per heavy atom. The number of benzene rings is 1. The SMILES string of the molecule is CCCCCc1nc2ccc(Cl)cc2s1. The Morgan fingerprint density at radius 1 is 1.33 bits per heavy atom. The van der Waals surface area contributed by atoms with Crippen LogP contribution in [0.15, 0.2) is 18.2 Å². The van der Waals surface area contributed by atoms with Crippen LogP contribution in [0.2, 0.25) is 5.02 Å². The third-order valence-electron chi connectivity index (χ3n) is 2.39. The first-order valence-electron chi connectivity index (χ1n) is 5.34. The van der Waals surface area contributed by atoms with Crippen LogP contribution in [-0.4, -0.2) is 4.98 Å². The highest BCUT2D eigenvalue weighted by atomic mass is 35.5.